The molecule has 1 aliphatic rings. The van der Waals surface area contributed by atoms with E-state index in [2.05, 4.69) is 0 Å². The van der Waals surface area contributed by atoms with E-state index in [0.29, 0.717) is 17.7 Å². The fourth-order valence-corrected chi connectivity index (χ4v) is 3.00. The molecule has 0 unspecified atom stereocenters. The average Bonchev–Trinajstić information content (AvgIpc) is 2.93. The van der Waals surface area contributed by atoms with Gasteiger partial charge in [-0.15, -0.1) is 0 Å². The van der Waals surface area contributed by atoms with Gasteiger partial charge in [0.25, 0.3) is 11.8 Å². The van der Waals surface area contributed by atoms with Crippen LogP contribution in [0, 0.1) is 0 Å². The smallest absolute Gasteiger partial charge is 0.261 e. The molecule has 1 aliphatic heterocycles. The van der Waals surface area contributed by atoms with Crippen molar-refractivity contribution in [2.45, 2.75) is 13.2 Å². The van der Waals surface area contributed by atoms with Gasteiger partial charge in [-0.1, -0.05) is 54.6 Å². The van der Waals surface area contributed by atoms with E-state index in [4.69, 9.17) is 4.74 Å². The van der Waals surface area contributed by atoms with E-state index in [9.17, 15) is 9.59 Å². The van der Waals surface area contributed by atoms with Crippen molar-refractivity contribution in [1.29, 1.82) is 0 Å². The predicted octanol–water partition coefficient (Wildman–Crippen LogP) is 4.06. The van der Waals surface area contributed by atoms with Gasteiger partial charge in [0.15, 0.2) is 0 Å². The van der Waals surface area contributed by atoms with Crippen molar-refractivity contribution in [2.24, 2.45) is 0 Å². The van der Waals surface area contributed by atoms with Crippen LogP contribution in [0.5, 0.6) is 5.75 Å². The molecule has 0 fully saturated rings. The topological polar surface area (TPSA) is 46.6 Å². The Hall–Kier alpha value is -3.40. The number of carbonyl (C=O) groups excluding carboxylic acids is 2. The molecule has 26 heavy (non-hydrogen) atoms. The average molecular weight is 343 g/mol. The highest BCUT2D eigenvalue weighted by atomic mass is 16.5. The summed E-state index contributed by atoms with van der Waals surface area (Å²) in [7, 11) is 0. The lowest BCUT2D eigenvalue weighted by Gasteiger charge is -2.14. The molecule has 3 aromatic carbocycles. The minimum absolute atomic E-state index is 0.241. The van der Waals surface area contributed by atoms with E-state index >= 15 is 0 Å². The molecule has 0 N–H and O–H groups in total. The first-order chi connectivity index (χ1) is 12.7. The Balaban J connectivity index is 1.42. The van der Waals surface area contributed by atoms with E-state index in [-0.39, 0.29) is 18.4 Å². The van der Waals surface area contributed by atoms with Crippen molar-refractivity contribution in [1.82, 2.24) is 4.90 Å². The molecular formula is C22H17NO3. The third-order valence-corrected chi connectivity index (χ3v) is 4.39. The summed E-state index contributed by atoms with van der Waals surface area (Å²) in [4.78, 5) is 26.1. The Labute approximate surface area is 151 Å². The summed E-state index contributed by atoms with van der Waals surface area (Å²) < 4.78 is 5.76. The fourth-order valence-electron chi connectivity index (χ4n) is 3.00. The maximum Gasteiger partial charge on any atom is 0.261 e. The summed E-state index contributed by atoms with van der Waals surface area (Å²) in [5.74, 6) is 0.268. The summed E-state index contributed by atoms with van der Waals surface area (Å²) >= 11 is 0. The molecular weight excluding hydrogens is 326 g/mol. The third-order valence-electron chi connectivity index (χ3n) is 4.39. The predicted molar refractivity (Wildman–Crippen MR) is 97.9 cm³/mol. The molecule has 1 heterocycles. The zero-order valence-electron chi connectivity index (χ0n) is 14.1. The zero-order chi connectivity index (χ0) is 17.9. The minimum Gasteiger partial charge on any atom is -0.489 e. The largest absolute Gasteiger partial charge is 0.489 e. The second-order valence-electron chi connectivity index (χ2n) is 6.16. The summed E-state index contributed by atoms with van der Waals surface area (Å²) in [6, 6.07) is 24.3. The number of imide groups is 1. The molecule has 4 rings (SSSR count). The highest BCUT2D eigenvalue weighted by Gasteiger charge is 2.34. The number of hydrogen-bond acceptors (Lipinski definition) is 3. The number of fused-ring (bicyclic) bond motifs is 1. The number of nitrogens with zero attached hydrogens (tertiary/aromatic N) is 1. The standard InChI is InChI=1S/C22H17NO3/c24-21-19-8-4-5-9-20(19)22(25)23(21)14-16-10-12-18(13-11-16)26-15-17-6-2-1-3-7-17/h1-13H,14-15H2. The van der Waals surface area contributed by atoms with E-state index < -0.39 is 0 Å². The Morgan fingerprint density at radius 1 is 0.654 bits per heavy atom. The van der Waals surface area contributed by atoms with Crippen molar-refractivity contribution < 1.29 is 14.3 Å². The zero-order valence-corrected chi connectivity index (χ0v) is 14.1. The molecule has 128 valence electrons. The molecule has 4 heteroatoms. The summed E-state index contributed by atoms with van der Waals surface area (Å²) in [6.45, 7) is 0.754. The summed E-state index contributed by atoms with van der Waals surface area (Å²) in [5.41, 5.74) is 2.93. The monoisotopic (exact) mass is 343 g/mol. The van der Waals surface area contributed by atoms with Crippen LogP contribution < -0.4 is 4.74 Å². The SMILES string of the molecule is O=C1c2ccccc2C(=O)N1Cc1ccc(OCc2ccccc2)cc1. The van der Waals surface area contributed by atoms with Gasteiger partial charge in [-0.2, -0.15) is 0 Å². The van der Waals surface area contributed by atoms with Crippen LogP contribution >= 0.6 is 0 Å². The Morgan fingerprint density at radius 3 is 1.85 bits per heavy atom. The summed E-state index contributed by atoms with van der Waals surface area (Å²) in [5, 5.41) is 0. The molecule has 0 saturated heterocycles. The molecule has 0 aliphatic carbocycles. The van der Waals surface area contributed by atoms with Gasteiger partial charge < -0.3 is 4.74 Å². The lowest BCUT2D eigenvalue weighted by molar-refractivity contribution is 0.0642. The van der Waals surface area contributed by atoms with Gasteiger partial charge in [0.05, 0.1) is 17.7 Å². The minimum atomic E-state index is -0.241. The molecule has 0 spiro atoms. The fraction of sp³-hybridized carbons (Fsp3) is 0.0909. The van der Waals surface area contributed by atoms with Crippen molar-refractivity contribution in [2.75, 3.05) is 0 Å². The Kier molecular flexibility index (Phi) is 4.23. The van der Waals surface area contributed by atoms with Crippen LogP contribution in [0.2, 0.25) is 0 Å². The molecule has 2 amide bonds. The number of hydrogen-bond donors (Lipinski definition) is 0. The molecule has 0 atom stereocenters. The van der Waals surface area contributed by atoms with Gasteiger partial charge in [0, 0.05) is 0 Å². The van der Waals surface area contributed by atoms with Gasteiger partial charge >= 0.3 is 0 Å². The second-order valence-corrected chi connectivity index (χ2v) is 6.16. The lowest BCUT2D eigenvalue weighted by atomic mass is 10.1. The quantitative estimate of drug-likeness (QED) is 0.656. The van der Waals surface area contributed by atoms with Gasteiger partial charge in [0.2, 0.25) is 0 Å². The van der Waals surface area contributed by atoms with E-state index in [1.807, 2.05) is 54.6 Å². The van der Waals surface area contributed by atoms with Crippen LogP contribution in [0.25, 0.3) is 0 Å². The molecule has 0 saturated carbocycles. The van der Waals surface area contributed by atoms with Crippen LogP contribution in [-0.2, 0) is 13.2 Å². The summed E-state index contributed by atoms with van der Waals surface area (Å²) in [6.07, 6.45) is 0. The second kappa shape index (κ2) is 6.84. The van der Waals surface area contributed by atoms with Crippen molar-refractivity contribution in [3.05, 3.63) is 101 Å². The van der Waals surface area contributed by atoms with Crippen molar-refractivity contribution in [3.8, 4) is 5.75 Å². The first-order valence-corrected chi connectivity index (χ1v) is 8.43. The van der Waals surface area contributed by atoms with Crippen LogP contribution in [0.3, 0.4) is 0 Å². The van der Waals surface area contributed by atoms with E-state index in [0.717, 1.165) is 16.9 Å². The Morgan fingerprint density at radius 2 is 1.23 bits per heavy atom. The first kappa shape index (κ1) is 16.1. The van der Waals surface area contributed by atoms with Crippen LogP contribution in [0.15, 0.2) is 78.9 Å². The normalized spacial score (nSPS) is 13.0. The van der Waals surface area contributed by atoms with Gasteiger partial charge in [-0.05, 0) is 35.4 Å². The highest BCUT2D eigenvalue weighted by molar-refractivity contribution is 6.21. The molecule has 0 bridgehead atoms. The molecule has 0 radical (unpaired) electrons. The van der Waals surface area contributed by atoms with Crippen molar-refractivity contribution >= 4 is 11.8 Å². The molecule has 0 aromatic heterocycles. The third kappa shape index (κ3) is 3.09. The maximum absolute atomic E-state index is 12.4. The van der Waals surface area contributed by atoms with Crippen LogP contribution in [0.4, 0.5) is 0 Å². The highest BCUT2D eigenvalue weighted by Crippen LogP contribution is 2.25. The molecule has 3 aromatic rings. The van der Waals surface area contributed by atoms with E-state index in [1.165, 1.54) is 4.90 Å². The van der Waals surface area contributed by atoms with Gasteiger partial charge in [-0.3, -0.25) is 14.5 Å². The molecule has 4 nitrogen and oxygen atoms in total. The van der Waals surface area contributed by atoms with Gasteiger partial charge in [-0.25, -0.2) is 0 Å². The number of amides is 2. The van der Waals surface area contributed by atoms with Crippen molar-refractivity contribution in [3.63, 3.8) is 0 Å². The van der Waals surface area contributed by atoms with E-state index in [1.54, 1.807) is 24.3 Å². The maximum atomic E-state index is 12.4. The lowest BCUT2D eigenvalue weighted by Crippen LogP contribution is -2.29. The van der Waals surface area contributed by atoms with Crippen LogP contribution in [-0.4, -0.2) is 16.7 Å². The number of rotatable bonds is 5. The number of carbonyl (C=O) groups is 2. The first-order valence-electron chi connectivity index (χ1n) is 8.43. The number of benzene rings is 3. The number of ether oxygens (including phenoxy) is 1. The van der Waals surface area contributed by atoms with Crippen LogP contribution in [0.1, 0.15) is 31.8 Å². The van der Waals surface area contributed by atoms with Gasteiger partial charge in [0.1, 0.15) is 12.4 Å². The Bertz CT molecular complexity index is 914.